The number of carbonyl (C=O) groups excluding carboxylic acids is 1. The molecule has 0 radical (unpaired) electrons. The Kier molecular flexibility index (Phi) is 7.14. The van der Waals surface area contributed by atoms with Crippen molar-refractivity contribution in [2.75, 3.05) is 0 Å². The van der Waals surface area contributed by atoms with Crippen LogP contribution >= 0.6 is 11.6 Å². The number of ketones is 1. The van der Waals surface area contributed by atoms with Gasteiger partial charge in [0.1, 0.15) is 17.9 Å². The van der Waals surface area contributed by atoms with E-state index in [1.165, 1.54) is 0 Å². The number of Topliss-reactive ketones (excluding diaryl/α,β-unsaturated/α-hetero) is 1. The number of benzene rings is 3. The molecule has 1 N–H and O–H groups in total. The number of carboxylic acid groups (broad SMARTS) is 1. The smallest absolute Gasteiger partial charge is 0.307 e. The number of fused-ring (bicyclic) bond motifs is 2. The third-order valence-corrected chi connectivity index (χ3v) is 6.38. The Hall–Kier alpha value is -4.57. The zero-order chi connectivity index (χ0) is 26.6. The van der Waals surface area contributed by atoms with E-state index >= 15 is 0 Å². The average Bonchev–Trinajstić information content (AvgIpc) is 3.35. The molecule has 0 aliphatic heterocycles. The number of rotatable bonds is 10. The molecule has 0 amide bonds. The van der Waals surface area contributed by atoms with Crippen LogP contribution < -0.4 is 10.3 Å². The number of hydrogen-bond donors (Lipinski definition) is 1. The number of halogens is 1. The molecule has 0 spiro atoms. The minimum absolute atomic E-state index is 0.00516. The van der Waals surface area contributed by atoms with Gasteiger partial charge < -0.3 is 14.4 Å². The van der Waals surface area contributed by atoms with E-state index in [9.17, 15) is 19.5 Å². The van der Waals surface area contributed by atoms with Gasteiger partial charge in [0, 0.05) is 24.1 Å². The number of nitrogens with zero attached hydrogens (tertiary/aromatic N) is 4. The largest absolute Gasteiger partial charge is 0.489 e. The number of carbonyl (C=O) groups is 2. The summed E-state index contributed by atoms with van der Waals surface area (Å²) in [5, 5.41) is 23.0. The van der Waals surface area contributed by atoms with Crippen LogP contribution in [0.3, 0.4) is 0 Å². The predicted molar refractivity (Wildman–Crippen MR) is 138 cm³/mol. The fourth-order valence-electron chi connectivity index (χ4n) is 4.04. The molecule has 0 saturated heterocycles. The van der Waals surface area contributed by atoms with E-state index in [1.54, 1.807) is 54.6 Å². The SMILES string of the molecule is O=C(CC(CCn1nnc2ccccc2c1=O)C(=O)O)c1noc2cc(OCc3ccc(Cl)cc3)ccc12. The molecular weight excluding hydrogens is 512 g/mol. The molecule has 11 heteroatoms. The third kappa shape index (κ3) is 5.40. The second-order valence-corrected chi connectivity index (χ2v) is 9.13. The Labute approximate surface area is 220 Å². The van der Waals surface area contributed by atoms with Gasteiger partial charge in [0.2, 0.25) is 0 Å². The number of aliphatic carboxylic acids is 1. The first-order valence-electron chi connectivity index (χ1n) is 11.7. The fraction of sp³-hybridized carbons (Fsp3) is 0.185. The normalized spacial score (nSPS) is 12.0. The summed E-state index contributed by atoms with van der Waals surface area (Å²) in [4.78, 5) is 37.5. The van der Waals surface area contributed by atoms with Gasteiger partial charge in [-0.15, -0.1) is 5.10 Å². The number of hydrogen-bond acceptors (Lipinski definition) is 8. The first kappa shape index (κ1) is 25.1. The minimum atomic E-state index is -1.16. The van der Waals surface area contributed by atoms with Crippen LogP contribution in [-0.4, -0.2) is 37.0 Å². The van der Waals surface area contributed by atoms with E-state index in [-0.39, 0.29) is 30.6 Å². The summed E-state index contributed by atoms with van der Waals surface area (Å²) in [6.45, 7) is 0.308. The van der Waals surface area contributed by atoms with Crippen molar-refractivity contribution in [2.45, 2.75) is 26.0 Å². The van der Waals surface area contributed by atoms with Gasteiger partial charge in [0.05, 0.1) is 16.7 Å². The summed E-state index contributed by atoms with van der Waals surface area (Å²) in [5.41, 5.74) is 1.39. The summed E-state index contributed by atoms with van der Waals surface area (Å²) < 4.78 is 12.2. The second kappa shape index (κ2) is 10.8. The van der Waals surface area contributed by atoms with Crippen molar-refractivity contribution >= 4 is 45.2 Å². The van der Waals surface area contributed by atoms with Gasteiger partial charge in [-0.25, -0.2) is 4.68 Å². The quantitative estimate of drug-likeness (QED) is 0.257. The molecule has 0 aliphatic rings. The summed E-state index contributed by atoms with van der Waals surface area (Å²) in [7, 11) is 0. The number of ether oxygens (including phenoxy) is 1. The lowest BCUT2D eigenvalue weighted by molar-refractivity contribution is -0.142. The van der Waals surface area contributed by atoms with E-state index in [1.807, 2.05) is 12.1 Å². The molecule has 0 saturated carbocycles. The van der Waals surface area contributed by atoms with E-state index in [2.05, 4.69) is 15.5 Å². The van der Waals surface area contributed by atoms with Crippen molar-refractivity contribution in [1.29, 1.82) is 0 Å². The van der Waals surface area contributed by atoms with Crippen molar-refractivity contribution in [1.82, 2.24) is 20.2 Å². The molecule has 2 aromatic heterocycles. The molecule has 2 heterocycles. The maximum absolute atomic E-state index is 13.0. The Bertz CT molecular complexity index is 1700. The first-order valence-corrected chi connectivity index (χ1v) is 12.1. The summed E-state index contributed by atoms with van der Waals surface area (Å²) in [6.07, 6.45) is -0.311. The molecule has 5 rings (SSSR count). The topological polar surface area (TPSA) is 137 Å². The Morgan fingerprint density at radius 2 is 1.84 bits per heavy atom. The monoisotopic (exact) mass is 532 g/mol. The number of aryl methyl sites for hydroxylation is 1. The lowest BCUT2D eigenvalue weighted by atomic mass is 9.96. The molecule has 1 unspecified atom stereocenters. The first-order chi connectivity index (χ1) is 18.4. The van der Waals surface area contributed by atoms with E-state index < -0.39 is 17.7 Å². The highest BCUT2D eigenvalue weighted by atomic mass is 35.5. The number of carboxylic acids is 1. The predicted octanol–water partition coefficient (Wildman–Crippen LogP) is 4.53. The molecule has 5 aromatic rings. The average molecular weight is 533 g/mol. The van der Waals surface area contributed by atoms with Crippen LogP contribution in [0.5, 0.6) is 5.75 Å². The van der Waals surface area contributed by atoms with Crippen LogP contribution in [-0.2, 0) is 17.9 Å². The Balaban J connectivity index is 1.26. The van der Waals surface area contributed by atoms with Crippen LogP contribution in [0.1, 0.15) is 28.9 Å². The van der Waals surface area contributed by atoms with Crippen molar-refractivity contribution < 1.29 is 24.0 Å². The van der Waals surface area contributed by atoms with Crippen LogP contribution in [0, 0.1) is 5.92 Å². The van der Waals surface area contributed by atoms with Crippen LogP contribution in [0.2, 0.25) is 5.02 Å². The van der Waals surface area contributed by atoms with Crippen LogP contribution in [0.15, 0.2) is 76.0 Å². The molecule has 0 fully saturated rings. The molecule has 3 aromatic carbocycles. The van der Waals surface area contributed by atoms with Gasteiger partial charge >= 0.3 is 5.97 Å². The zero-order valence-corrected chi connectivity index (χ0v) is 20.7. The van der Waals surface area contributed by atoms with Crippen LogP contribution in [0.25, 0.3) is 21.9 Å². The molecule has 0 bridgehead atoms. The lowest BCUT2D eigenvalue weighted by Gasteiger charge is -2.11. The zero-order valence-electron chi connectivity index (χ0n) is 19.9. The van der Waals surface area contributed by atoms with Gasteiger partial charge in [-0.05, 0) is 48.4 Å². The molecule has 38 heavy (non-hydrogen) atoms. The molecule has 1 atom stereocenters. The Morgan fingerprint density at radius 1 is 1.05 bits per heavy atom. The van der Waals surface area contributed by atoms with Crippen molar-refractivity contribution in [3.8, 4) is 5.75 Å². The van der Waals surface area contributed by atoms with Gasteiger partial charge in [-0.1, -0.05) is 46.2 Å². The molecule has 10 nitrogen and oxygen atoms in total. The van der Waals surface area contributed by atoms with Crippen molar-refractivity contribution in [3.05, 3.63) is 93.4 Å². The number of aromatic nitrogens is 4. The highest BCUT2D eigenvalue weighted by molar-refractivity contribution is 6.30. The highest BCUT2D eigenvalue weighted by Gasteiger charge is 2.26. The minimum Gasteiger partial charge on any atom is -0.489 e. The van der Waals surface area contributed by atoms with Gasteiger partial charge in [-0.3, -0.25) is 14.4 Å². The highest BCUT2D eigenvalue weighted by Crippen LogP contribution is 2.26. The summed E-state index contributed by atoms with van der Waals surface area (Å²) in [6, 6.07) is 19.0. The second-order valence-electron chi connectivity index (χ2n) is 8.69. The third-order valence-electron chi connectivity index (χ3n) is 6.13. The molecular formula is C27H21ClN4O6. The van der Waals surface area contributed by atoms with Gasteiger partial charge in [0.25, 0.3) is 5.56 Å². The van der Waals surface area contributed by atoms with Crippen LogP contribution in [0.4, 0.5) is 0 Å². The lowest BCUT2D eigenvalue weighted by Crippen LogP contribution is -2.27. The fourth-order valence-corrected chi connectivity index (χ4v) is 4.16. The Morgan fingerprint density at radius 3 is 2.63 bits per heavy atom. The van der Waals surface area contributed by atoms with Crippen molar-refractivity contribution in [2.24, 2.45) is 5.92 Å². The van der Waals surface area contributed by atoms with Crippen molar-refractivity contribution in [3.63, 3.8) is 0 Å². The molecule has 0 aliphatic carbocycles. The standard InChI is InChI=1S/C27H21ClN4O6/c28-18-7-5-16(6-8-18)15-37-19-9-10-21-24(14-19)38-30-25(21)23(33)13-17(27(35)36)11-12-32-26(34)20-3-1-2-4-22(20)29-31-32/h1-10,14,17H,11-13,15H2,(H,35,36). The maximum atomic E-state index is 13.0. The van der Waals surface area contributed by atoms with E-state index in [0.29, 0.717) is 39.3 Å². The summed E-state index contributed by atoms with van der Waals surface area (Å²) in [5.74, 6) is -2.18. The maximum Gasteiger partial charge on any atom is 0.307 e. The van der Waals surface area contributed by atoms with Gasteiger partial charge in [0.15, 0.2) is 17.1 Å². The van der Waals surface area contributed by atoms with E-state index in [0.717, 1.165) is 10.2 Å². The van der Waals surface area contributed by atoms with Gasteiger partial charge in [-0.2, -0.15) is 0 Å². The summed E-state index contributed by atoms with van der Waals surface area (Å²) >= 11 is 5.90. The van der Waals surface area contributed by atoms with E-state index in [4.69, 9.17) is 20.9 Å². The molecule has 192 valence electrons.